The third-order valence-corrected chi connectivity index (χ3v) is 4.45. The van der Waals surface area contributed by atoms with Crippen molar-refractivity contribution in [3.8, 4) is 11.5 Å². The Morgan fingerprint density at radius 3 is 2.46 bits per heavy atom. The predicted octanol–water partition coefficient (Wildman–Crippen LogP) is 1.51. The summed E-state index contributed by atoms with van der Waals surface area (Å²) in [5.74, 6) is -0.613. The Morgan fingerprint density at radius 1 is 1.14 bits per heavy atom. The van der Waals surface area contributed by atoms with Gasteiger partial charge < -0.3 is 25.4 Å². The van der Waals surface area contributed by atoms with E-state index in [0.717, 1.165) is 0 Å². The molecule has 0 spiro atoms. The number of nitrogens with one attached hydrogen (secondary N) is 2. The van der Waals surface area contributed by atoms with Crippen molar-refractivity contribution in [3.63, 3.8) is 0 Å². The monoisotopic (exact) mass is 383 g/mol. The number of aromatic hydroxyl groups is 1. The number of rotatable bonds is 6. The first-order valence-electron chi connectivity index (χ1n) is 8.77. The molecule has 2 aromatic carbocycles. The van der Waals surface area contributed by atoms with Crippen LogP contribution < -0.4 is 20.3 Å². The van der Waals surface area contributed by atoms with Crippen molar-refractivity contribution in [2.75, 3.05) is 30.4 Å². The molecule has 0 saturated carbocycles. The maximum Gasteiger partial charge on any atom is 0.243 e. The van der Waals surface area contributed by atoms with Crippen molar-refractivity contribution in [2.24, 2.45) is 5.92 Å². The van der Waals surface area contributed by atoms with Gasteiger partial charge in [0.1, 0.15) is 11.5 Å². The highest BCUT2D eigenvalue weighted by Crippen LogP contribution is 2.26. The lowest BCUT2D eigenvalue weighted by Crippen LogP contribution is -2.37. The van der Waals surface area contributed by atoms with Gasteiger partial charge in [-0.15, -0.1) is 0 Å². The Labute approximate surface area is 162 Å². The largest absolute Gasteiger partial charge is 0.508 e. The number of carbonyl (C=O) groups excluding carboxylic acids is 3. The number of amides is 3. The Bertz CT molecular complexity index is 864. The number of phenols is 1. The highest BCUT2D eigenvalue weighted by Gasteiger charge is 2.35. The lowest BCUT2D eigenvalue weighted by atomic mass is 10.1. The van der Waals surface area contributed by atoms with E-state index in [2.05, 4.69) is 10.6 Å². The van der Waals surface area contributed by atoms with Crippen LogP contribution in [0.2, 0.25) is 0 Å². The summed E-state index contributed by atoms with van der Waals surface area (Å²) in [7, 11) is 1.56. The van der Waals surface area contributed by atoms with E-state index in [-0.39, 0.29) is 37.1 Å². The van der Waals surface area contributed by atoms with Crippen LogP contribution in [0.5, 0.6) is 11.5 Å². The van der Waals surface area contributed by atoms with E-state index in [1.54, 1.807) is 48.4 Å². The third-order valence-electron chi connectivity index (χ3n) is 4.45. The Balaban J connectivity index is 1.51. The van der Waals surface area contributed by atoms with Crippen molar-refractivity contribution in [1.29, 1.82) is 0 Å². The predicted molar refractivity (Wildman–Crippen MR) is 103 cm³/mol. The van der Waals surface area contributed by atoms with Crippen molar-refractivity contribution >= 4 is 29.1 Å². The molecule has 0 aromatic heterocycles. The van der Waals surface area contributed by atoms with Crippen LogP contribution in [-0.4, -0.2) is 43.0 Å². The summed E-state index contributed by atoms with van der Waals surface area (Å²) in [4.78, 5) is 38.1. The van der Waals surface area contributed by atoms with E-state index in [0.29, 0.717) is 17.1 Å². The molecule has 0 radical (unpaired) electrons. The quantitative estimate of drug-likeness (QED) is 0.656. The zero-order valence-corrected chi connectivity index (χ0v) is 15.3. The van der Waals surface area contributed by atoms with Gasteiger partial charge in [0.15, 0.2) is 0 Å². The number of hydrogen-bond acceptors (Lipinski definition) is 5. The minimum atomic E-state index is -0.518. The van der Waals surface area contributed by atoms with Gasteiger partial charge >= 0.3 is 0 Å². The van der Waals surface area contributed by atoms with Crippen molar-refractivity contribution in [3.05, 3.63) is 48.5 Å². The van der Waals surface area contributed by atoms with Crippen molar-refractivity contribution in [2.45, 2.75) is 6.42 Å². The lowest BCUT2D eigenvalue weighted by molar-refractivity contribution is -0.127. The van der Waals surface area contributed by atoms with E-state index < -0.39 is 11.8 Å². The molecular weight excluding hydrogens is 362 g/mol. The maximum absolute atomic E-state index is 12.3. The van der Waals surface area contributed by atoms with Crippen LogP contribution in [-0.2, 0) is 14.4 Å². The zero-order valence-electron chi connectivity index (χ0n) is 15.3. The molecule has 1 saturated heterocycles. The van der Waals surface area contributed by atoms with Gasteiger partial charge in [-0.3, -0.25) is 14.4 Å². The van der Waals surface area contributed by atoms with Crippen LogP contribution in [0, 0.1) is 5.92 Å². The molecular formula is C20H21N3O5. The average Bonchev–Trinajstić information content (AvgIpc) is 3.10. The van der Waals surface area contributed by atoms with Crippen LogP contribution in [0.3, 0.4) is 0 Å². The molecule has 1 atom stereocenters. The van der Waals surface area contributed by atoms with Crippen LogP contribution in [0.15, 0.2) is 48.5 Å². The average molecular weight is 383 g/mol. The summed E-state index contributed by atoms with van der Waals surface area (Å²) < 4.78 is 5.10. The highest BCUT2D eigenvalue weighted by molar-refractivity contribution is 6.01. The fraction of sp³-hybridized carbons (Fsp3) is 0.250. The molecule has 1 aliphatic rings. The van der Waals surface area contributed by atoms with E-state index in [9.17, 15) is 19.5 Å². The lowest BCUT2D eigenvalue weighted by Gasteiger charge is -2.17. The van der Waals surface area contributed by atoms with Gasteiger partial charge in [0.05, 0.1) is 19.6 Å². The number of phenolic OH excluding ortho intramolecular Hbond substituents is 1. The number of benzene rings is 2. The normalized spacial score (nSPS) is 16.0. The summed E-state index contributed by atoms with van der Waals surface area (Å²) in [6.07, 6.45) is 0.0947. The Hall–Kier alpha value is -3.55. The second-order valence-electron chi connectivity index (χ2n) is 6.42. The Kier molecular flexibility index (Phi) is 5.78. The summed E-state index contributed by atoms with van der Waals surface area (Å²) in [6.45, 7) is 0.0590. The highest BCUT2D eigenvalue weighted by atomic mass is 16.5. The van der Waals surface area contributed by atoms with Crippen LogP contribution >= 0.6 is 0 Å². The minimum Gasteiger partial charge on any atom is -0.508 e. The number of anilines is 2. The number of carbonyl (C=O) groups is 3. The van der Waals surface area contributed by atoms with Crippen LogP contribution in [0.1, 0.15) is 6.42 Å². The smallest absolute Gasteiger partial charge is 0.243 e. The molecule has 0 bridgehead atoms. The van der Waals surface area contributed by atoms with Crippen molar-refractivity contribution in [1.82, 2.24) is 5.32 Å². The number of hydrogen-bond donors (Lipinski definition) is 3. The first-order chi connectivity index (χ1) is 13.5. The standard InChI is InChI=1S/C20H21N3O5/c1-28-17-8-4-15(5-9-17)23-12-13(10-19(23)26)20(27)21-11-18(25)22-14-2-6-16(24)7-3-14/h2-9,13,24H,10-12H2,1H3,(H,21,27)(H,22,25)/t13-/m1/s1. The number of methoxy groups -OCH3 is 1. The molecule has 1 aliphatic heterocycles. The van der Waals surface area contributed by atoms with E-state index >= 15 is 0 Å². The maximum atomic E-state index is 12.3. The van der Waals surface area contributed by atoms with Gasteiger partial charge in [0, 0.05) is 24.3 Å². The first kappa shape index (κ1) is 19.2. The zero-order chi connectivity index (χ0) is 20.1. The van der Waals surface area contributed by atoms with Gasteiger partial charge in [-0.2, -0.15) is 0 Å². The molecule has 0 aliphatic carbocycles. The summed E-state index contributed by atoms with van der Waals surface area (Å²) in [6, 6.07) is 13.0. The van der Waals surface area contributed by atoms with Gasteiger partial charge in [-0.25, -0.2) is 0 Å². The van der Waals surface area contributed by atoms with Gasteiger partial charge in [0.2, 0.25) is 17.7 Å². The van der Waals surface area contributed by atoms with E-state index in [1.807, 2.05) is 0 Å². The summed E-state index contributed by atoms with van der Waals surface area (Å²) >= 11 is 0. The summed E-state index contributed by atoms with van der Waals surface area (Å²) in [5, 5.41) is 14.4. The van der Waals surface area contributed by atoms with Crippen molar-refractivity contribution < 1.29 is 24.2 Å². The molecule has 1 fully saturated rings. The number of nitrogens with zero attached hydrogens (tertiary/aromatic N) is 1. The SMILES string of the molecule is COc1ccc(N2C[C@H](C(=O)NCC(=O)Nc3ccc(O)cc3)CC2=O)cc1. The number of ether oxygens (including phenoxy) is 1. The molecule has 146 valence electrons. The van der Waals surface area contributed by atoms with Crippen LogP contribution in [0.25, 0.3) is 0 Å². The third kappa shape index (κ3) is 4.59. The molecule has 3 N–H and O–H groups in total. The van der Waals surface area contributed by atoms with E-state index in [4.69, 9.17) is 4.74 Å². The second kappa shape index (κ2) is 8.43. The van der Waals surface area contributed by atoms with E-state index in [1.165, 1.54) is 12.1 Å². The van der Waals surface area contributed by atoms with Gasteiger partial charge in [-0.05, 0) is 48.5 Å². The molecule has 8 heteroatoms. The fourth-order valence-corrected chi connectivity index (χ4v) is 2.96. The van der Waals surface area contributed by atoms with Crippen LogP contribution in [0.4, 0.5) is 11.4 Å². The van der Waals surface area contributed by atoms with Gasteiger partial charge in [0.25, 0.3) is 0 Å². The fourth-order valence-electron chi connectivity index (χ4n) is 2.96. The molecule has 8 nitrogen and oxygen atoms in total. The molecule has 28 heavy (non-hydrogen) atoms. The second-order valence-corrected chi connectivity index (χ2v) is 6.42. The minimum absolute atomic E-state index is 0.0947. The van der Waals surface area contributed by atoms with Gasteiger partial charge in [-0.1, -0.05) is 0 Å². The Morgan fingerprint density at radius 2 is 1.82 bits per heavy atom. The summed E-state index contributed by atoms with van der Waals surface area (Å²) in [5.41, 5.74) is 1.21. The molecule has 3 rings (SSSR count). The molecule has 2 aromatic rings. The topological polar surface area (TPSA) is 108 Å². The first-order valence-corrected chi connectivity index (χ1v) is 8.77. The molecule has 3 amide bonds. The molecule has 1 heterocycles. The molecule has 0 unspecified atom stereocenters.